The van der Waals surface area contributed by atoms with Crippen LogP contribution in [0, 0.1) is 5.92 Å². The van der Waals surface area contributed by atoms with Crippen molar-refractivity contribution in [3.8, 4) is 11.5 Å². The van der Waals surface area contributed by atoms with Crippen molar-refractivity contribution < 1.29 is 28.6 Å². The van der Waals surface area contributed by atoms with Gasteiger partial charge in [0.1, 0.15) is 0 Å². The highest BCUT2D eigenvalue weighted by molar-refractivity contribution is 6.03. The molecule has 1 aliphatic carbocycles. The third-order valence-electron chi connectivity index (χ3n) is 5.56. The first-order chi connectivity index (χ1) is 15.8. The zero-order chi connectivity index (χ0) is 24.0. The van der Waals surface area contributed by atoms with Gasteiger partial charge in [0.05, 0.1) is 31.5 Å². The SMILES string of the molecule is COc1cc(NC(=O)C(C)C)c(C(=O)OCC(=O)N[C@H]2CCCc3ccccc32)cc1OC. The fraction of sp³-hybridized carbons (Fsp3) is 0.400. The molecule has 1 aliphatic rings. The predicted octanol–water partition coefficient (Wildman–Crippen LogP) is 3.65. The molecule has 3 rings (SSSR count). The number of hydrogen-bond donors (Lipinski definition) is 2. The molecule has 2 amide bonds. The van der Waals surface area contributed by atoms with Crippen molar-refractivity contribution in [2.75, 3.05) is 26.1 Å². The van der Waals surface area contributed by atoms with Crippen molar-refractivity contribution >= 4 is 23.5 Å². The maximum absolute atomic E-state index is 12.8. The van der Waals surface area contributed by atoms with Crippen molar-refractivity contribution in [2.45, 2.75) is 39.2 Å². The maximum Gasteiger partial charge on any atom is 0.340 e. The molecule has 0 aliphatic heterocycles. The molecule has 176 valence electrons. The number of carbonyl (C=O) groups excluding carboxylic acids is 3. The summed E-state index contributed by atoms with van der Waals surface area (Å²) in [6, 6.07) is 10.8. The van der Waals surface area contributed by atoms with Gasteiger partial charge in [0, 0.05) is 18.1 Å². The Morgan fingerprint density at radius 3 is 2.45 bits per heavy atom. The largest absolute Gasteiger partial charge is 0.493 e. The molecule has 33 heavy (non-hydrogen) atoms. The predicted molar refractivity (Wildman–Crippen MR) is 124 cm³/mol. The molecule has 0 saturated carbocycles. The van der Waals surface area contributed by atoms with E-state index in [1.54, 1.807) is 13.8 Å². The third-order valence-corrected chi connectivity index (χ3v) is 5.56. The Kier molecular flexibility index (Phi) is 7.92. The minimum atomic E-state index is -0.755. The van der Waals surface area contributed by atoms with Crippen LogP contribution in [0.5, 0.6) is 11.5 Å². The average Bonchev–Trinajstić information content (AvgIpc) is 2.82. The Morgan fingerprint density at radius 2 is 1.76 bits per heavy atom. The first kappa shape index (κ1) is 24.1. The molecule has 2 aromatic carbocycles. The third kappa shape index (κ3) is 5.83. The van der Waals surface area contributed by atoms with Crippen LogP contribution in [-0.4, -0.2) is 38.6 Å². The molecule has 8 heteroatoms. The molecule has 0 aromatic heterocycles. The molecule has 0 heterocycles. The Bertz CT molecular complexity index is 1030. The van der Waals surface area contributed by atoms with Gasteiger partial charge in [-0.2, -0.15) is 0 Å². The van der Waals surface area contributed by atoms with Crippen LogP contribution in [0.1, 0.15) is 54.2 Å². The van der Waals surface area contributed by atoms with E-state index in [-0.39, 0.29) is 29.1 Å². The molecule has 2 N–H and O–H groups in total. The summed E-state index contributed by atoms with van der Waals surface area (Å²) in [4.78, 5) is 37.6. The second-order valence-electron chi connectivity index (χ2n) is 8.18. The normalized spacial score (nSPS) is 14.8. The van der Waals surface area contributed by atoms with Crippen molar-refractivity contribution in [1.29, 1.82) is 0 Å². The summed E-state index contributed by atoms with van der Waals surface area (Å²) in [6.07, 6.45) is 2.80. The van der Waals surface area contributed by atoms with E-state index in [4.69, 9.17) is 14.2 Å². The standard InChI is InChI=1S/C25H30N2O6/c1-15(2)24(29)27-20-13-22(32-4)21(31-3)12-18(20)25(30)33-14-23(28)26-19-11-7-9-16-8-5-6-10-17(16)19/h5-6,8,10,12-13,15,19H,7,9,11,14H2,1-4H3,(H,26,28)(H,27,29)/t19-/m0/s1. The fourth-order valence-electron chi connectivity index (χ4n) is 3.78. The van der Waals surface area contributed by atoms with E-state index < -0.39 is 18.5 Å². The Labute approximate surface area is 193 Å². The number of amides is 2. The van der Waals surface area contributed by atoms with E-state index in [1.807, 2.05) is 18.2 Å². The first-order valence-corrected chi connectivity index (χ1v) is 10.9. The number of carbonyl (C=O) groups is 3. The van der Waals surface area contributed by atoms with Gasteiger partial charge < -0.3 is 24.8 Å². The van der Waals surface area contributed by atoms with Crippen molar-refractivity contribution in [3.63, 3.8) is 0 Å². The van der Waals surface area contributed by atoms with Gasteiger partial charge in [0.25, 0.3) is 5.91 Å². The summed E-state index contributed by atoms with van der Waals surface area (Å²) in [5.41, 5.74) is 2.61. The number of rotatable bonds is 8. The molecule has 0 bridgehead atoms. The van der Waals surface area contributed by atoms with Gasteiger partial charge in [0.15, 0.2) is 18.1 Å². The second-order valence-corrected chi connectivity index (χ2v) is 8.18. The van der Waals surface area contributed by atoms with Crippen molar-refractivity contribution in [1.82, 2.24) is 5.32 Å². The molecule has 1 atom stereocenters. The van der Waals surface area contributed by atoms with E-state index in [1.165, 1.54) is 31.9 Å². The van der Waals surface area contributed by atoms with Gasteiger partial charge in [-0.05, 0) is 30.4 Å². The summed E-state index contributed by atoms with van der Waals surface area (Å²) >= 11 is 0. The molecule has 0 radical (unpaired) electrons. The fourth-order valence-corrected chi connectivity index (χ4v) is 3.78. The molecule has 0 fully saturated rings. The highest BCUT2D eigenvalue weighted by Gasteiger charge is 2.24. The molecular weight excluding hydrogens is 424 g/mol. The van der Waals surface area contributed by atoms with Crippen LogP contribution in [0.4, 0.5) is 5.69 Å². The molecule has 0 saturated heterocycles. The summed E-state index contributed by atoms with van der Waals surface area (Å²) in [5, 5.41) is 5.66. The Balaban J connectivity index is 1.71. The van der Waals surface area contributed by atoms with Crippen LogP contribution < -0.4 is 20.1 Å². The number of methoxy groups -OCH3 is 2. The lowest BCUT2D eigenvalue weighted by molar-refractivity contribution is -0.125. The van der Waals surface area contributed by atoms with E-state index in [9.17, 15) is 14.4 Å². The van der Waals surface area contributed by atoms with Gasteiger partial charge in [-0.3, -0.25) is 9.59 Å². The van der Waals surface area contributed by atoms with Crippen LogP contribution in [-0.2, 0) is 20.7 Å². The van der Waals surface area contributed by atoms with Crippen LogP contribution in [0.3, 0.4) is 0 Å². The van der Waals surface area contributed by atoms with E-state index >= 15 is 0 Å². The smallest absolute Gasteiger partial charge is 0.340 e. The lowest BCUT2D eigenvalue weighted by Crippen LogP contribution is -2.34. The van der Waals surface area contributed by atoms with Gasteiger partial charge >= 0.3 is 5.97 Å². The zero-order valence-corrected chi connectivity index (χ0v) is 19.4. The second kappa shape index (κ2) is 10.8. The number of nitrogens with one attached hydrogen (secondary N) is 2. The maximum atomic E-state index is 12.8. The lowest BCUT2D eigenvalue weighted by Gasteiger charge is -2.26. The van der Waals surface area contributed by atoms with Crippen molar-refractivity contribution in [3.05, 3.63) is 53.1 Å². The Hall–Kier alpha value is -3.55. The number of benzene rings is 2. The first-order valence-electron chi connectivity index (χ1n) is 10.9. The lowest BCUT2D eigenvalue weighted by atomic mass is 9.88. The van der Waals surface area contributed by atoms with Gasteiger partial charge in [-0.1, -0.05) is 38.1 Å². The monoisotopic (exact) mass is 454 g/mol. The van der Waals surface area contributed by atoms with Gasteiger partial charge in [-0.15, -0.1) is 0 Å². The van der Waals surface area contributed by atoms with Gasteiger partial charge in [-0.25, -0.2) is 4.79 Å². The zero-order valence-electron chi connectivity index (χ0n) is 19.4. The van der Waals surface area contributed by atoms with Gasteiger partial charge in [0.2, 0.25) is 5.91 Å². The minimum Gasteiger partial charge on any atom is -0.493 e. The molecule has 0 unspecified atom stereocenters. The minimum absolute atomic E-state index is 0.0671. The van der Waals surface area contributed by atoms with Crippen molar-refractivity contribution in [2.24, 2.45) is 5.92 Å². The Morgan fingerprint density at radius 1 is 1.06 bits per heavy atom. The molecular formula is C25H30N2O6. The number of ether oxygens (including phenoxy) is 3. The number of aryl methyl sites for hydroxylation is 1. The molecule has 2 aromatic rings. The van der Waals surface area contributed by atoms with Crippen LogP contribution in [0.25, 0.3) is 0 Å². The highest BCUT2D eigenvalue weighted by Crippen LogP contribution is 2.34. The average molecular weight is 455 g/mol. The van der Waals surface area contributed by atoms with Crippen LogP contribution in [0.15, 0.2) is 36.4 Å². The summed E-state index contributed by atoms with van der Waals surface area (Å²) in [5.74, 6) is -1.07. The number of esters is 1. The number of hydrogen-bond acceptors (Lipinski definition) is 6. The summed E-state index contributed by atoms with van der Waals surface area (Å²) < 4.78 is 15.8. The van der Waals surface area contributed by atoms with E-state index in [0.717, 1.165) is 24.8 Å². The van der Waals surface area contributed by atoms with E-state index in [2.05, 4.69) is 16.7 Å². The highest BCUT2D eigenvalue weighted by atomic mass is 16.5. The quantitative estimate of drug-likeness (QED) is 0.590. The van der Waals surface area contributed by atoms with E-state index in [0.29, 0.717) is 11.5 Å². The van der Waals surface area contributed by atoms with Crippen LogP contribution >= 0.6 is 0 Å². The number of anilines is 1. The number of fused-ring (bicyclic) bond motifs is 1. The van der Waals surface area contributed by atoms with Crippen LogP contribution in [0.2, 0.25) is 0 Å². The molecule has 8 nitrogen and oxygen atoms in total. The molecule has 0 spiro atoms. The summed E-state index contributed by atoms with van der Waals surface area (Å²) in [6.45, 7) is 3.03. The topological polar surface area (TPSA) is 103 Å². The summed E-state index contributed by atoms with van der Waals surface area (Å²) in [7, 11) is 2.90.